The van der Waals surface area contributed by atoms with Gasteiger partial charge in [-0.25, -0.2) is 0 Å². The van der Waals surface area contributed by atoms with Crippen molar-refractivity contribution < 1.29 is 9.90 Å². The maximum atomic E-state index is 11.4. The molecule has 0 fully saturated rings. The van der Waals surface area contributed by atoms with Crippen molar-refractivity contribution in [2.45, 2.75) is 19.4 Å². The molecule has 0 aliphatic carbocycles. The first kappa shape index (κ1) is 11.5. The molecule has 5 heteroatoms. The first-order chi connectivity index (χ1) is 7.11. The molecule has 0 saturated heterocycles. The molecule has 0 spiro atoms. The van der Waals surface area contributed by atoms with Crippen LogP contribution >= 0.6 is 0 Å². The minimum Gasteiger partial charge on any atom is -0.397 e. The molecule has 1 atom stereocenters. The van der Waals surface area contributed by atoms with E-state index in [0.717, 1.165) is 0 Å². The predicted octanol–water partition coefficient (Wildman–Crippen LogP) is -0.297. The Morgan fingerprint density at radius 3 is 2.93 bits per heavy atom. The summed E-state index contributed by atoms with van der Waals surface area (Å²) in [6, 6.07) is 3.18. The number of aromatic nitrogens is 1. The number of anilines is 1. The molecular weight excluding hydrogens is 194 g/mol. The van der Waals surface area contributed by atoms with Gasteiger partial charge in [-0.05, 0) is 19.1 Å². The third-order valence-corrected chi connectivity index (χ3v) is 1.87. The Hall–Kier alpha value is -1.62. The molecule has 0 unspecified atom stereocenters. The van der Waals surface area contributed by atoms with Crippen molar-refractivity contribution in [3.05, 3.63) is 24.0 Å². The van der Waals surface area contributed by atoms with Gasteiger partial charge < -0.3 is 16.2 Å². The fourth-order valence-corrected chi connectivity index (χ4v) is 1.08. The van der Waals surface area contributed by atoms with Gasteiger partial charge in [-0.3, -0.25) is 9.78 Å². The van der Waals surface area contributed by atoms with E-state index >= 15 is 0 Å². The van der Waals surface area contributed by atoms with E-state index in [9.17, 15) is 4.79 Å². The van der Waals surface area contributed by atoms with E-state index in [2.05, 4.69) is 10.3 Å². The third kappa shape index (κ3) is 3.95. The van der Waals surface area contributed by atoms with Crippen molar-refractivity contribution in [1.82, 2.24) is 10.3 Å². The van der Waals surface area contributed by atoms with Crippen molar-refractivity contribution in [2.24, 2.45) is 0 Å². The van der Waals surface area contributed by atoms with Gasteiger partial charge in [0.05, 0.1) is 24.9 Å². The summed E-state index contributed by atoms with van der Waals surface area (Å²) in [5, 5.41) is 11.4. The van der Waals surface area contributed by atoms with Gasteiger partial charge in [0.1, 0.15) is 0 Å². The van der Waals surface area contributed by atoms with Gasteiger partial charge in [0.2, 0.25) is 5.91 Å². The van der Waals surface area contributed by atoms with Gasteiger partial charge in [-0.15, -0.1) is 0 Å². The lowest BCUT2D eigenvalue weighted by atomic mass is 10.2. The number of nitrogens with two attached hydrogens (primary N) is 1. The summed E-state index contributed by atoms with van der Waals surface area (Å²) in [5.74, 6) is -0.158. The van der Waals surface area contributed by atoms with Crippen LogP contribution in [-0.2, 0) is 11.2 Å². The Bertz CT molecular complexity index is 324. The van der Waals surface area contributed by atoms with Gasteiger partial charge in [-0.2, -0.15) is 0 Å². The second kappa shape index (κ2) is 5.31. The largest absolute Gasteiger partial charge is 0.397 e. The van der Waals surface area contributed by atoms with Crippen LogP contribution in [0.5, 0.6) is 0 Å². The number of hydrogen-bond acceptors (Lipinski definition) is 4. The number of carbonyl (C=O) groups excluding carboxylic acids is 1. The van der Waals surface area contributed by atoms with E-state index < -0.39 is 0 Å². The summed E-state index contributed by atoms with van der Waals surface area (Å²) < 4.78 is 0. The molecule has 1 amide bonds. The molecule has 1 aromatic rings. The SMILES string of the molecule is C[C@@H](CO)NC(=O)Cc1ccc(N)cn1. The minimum atomic E-state index is -0.230. The second-order valence-corrected chi connectivity index (χ2v) is 3.41. The highest BCUT2D eigenvalue weighted by molar-refractivity contribution is 5.78. The molecule has 0 aliphatic heterocycles. The number of aliphatic hydroxyl groups excluding tert-OH is 1. The lowest BCUT2D eigenvalue weighted by molar-refractivity contribution is -0.121. The smallest absolute Gasteiger partial charge is 0.226 e. The van der Waals surface area contributed by atoms with Crippen LogP contribution in [0.3, 0.4) is 0 Å². The van der Waals surface area contributed by atoms with Crippen LogP contribution in [0.2, 0.25) is 0 Å². The Labute approximate surface area is 88.3 Å². The number of carbonyl (C=O) groups is 1. The molecule has 82 valence electrons. The lowest BCUT2D eigenvalue weighted by Gasteiger charge is -2.10. The van der Waals surface area contributed by atoms with Crippen LogP contribution in [0.25, 0.3) is 0 Å². The van der Waals surface area contributed by atoms with E-state index in [1.807, 2.05) is 0 Å². The van der Waals surface area contributed by atoms with Crippen molar-refractivity contribution in [1.29, 1.82) is 0 Å². The van der Waals surface area contributed by atoms with E-state index in [1.54, 1.807) is 19.1 Å². The normalized spacial score (nSPS) is 12.1. The van der Waals surface area contributed by atoms with Crippen molar-refractivity contribution >= 4 is 11.6 Å². The van der Waals surface area contributed by atoms with Gasteiger partial charge in [0.25, 0.3) is 0 Å². The summed E-state index contributed by atoms with van der Waals surface area (Å²) in [5.41, 5.74) is 6.69. The summed E-state index contributed by atoms with van der Waals surface area (Å²) in [4.78, 5) is 15.4. The molecule has 15 heavy (non-hydrogen) atoms. The summed E-state index contributed by atoms with van der Waals surface area (Å²) in [6.07, 6.45) is 1.71. The third-order valence-electron chi connectivity index (χ3n) is 1.87. The van der Waals surface area contributed by atoms with Crippen LogP contribution in [0.15, 0.2) is 18.3 Å². The van der Waals surface area contributed by atoms with Crippen LogP contribution in [0.1, 0.15) is 12.6 Å². The maximum Gasteiger partial charge on any atom is 0.226 e. The van der Waals surface area contributed by atoms with Gasteiger partial charge >= 0.3 is 0 Å². The van der Waals surface area contributed by atoms with Gasteiger partial charge in [0, 0.05) is 11.7 Å². The van der Waals surface area contributed by atoms with Crippen LogP contribution in [0.4, 0.5) is 5.69 Å². The average Bonchev–Trinajstić information content (AvgIpc) is 2.21. The molecular formula is C10H15N3O2. The van der Waals surface area contributed by atoms with E-state index in [1.165, 1.54) is 6.20 Å². The topological polar surface area (TPSA) is 88.2 Å². The molecule has 4 N–H and O–H groups in total. The fraction of sp³-hybridized carbons (Fsp3) is 0.400. The summed E-state index contributed by atoms with van der Waals surface area (Å²) in [6.45, 7) is 1.66. The summed E-state index contributed by atoms with van der Waals surface area (Å²) >= 11 is 0. The maximum absolute atomic E-state index is 11.4. The zero-order chi connectivity index (χ0) is 11.3. The molecule has 1 rings (SSSR count). The number of pyridine rings is 1. The highest BCUT2D eigenvalue weighted by atomic mass is 16.3. The first-order valence-electron chi connectivity index (χ1n) is 4.72. The molecule has 1 heterocycles. The number of amides is 1. The first-order valence-corrected chi connectivity index (χ1v) is 4.72. The molecule has 0 bridgehead atoms. The molecule has 0 radical (unpaired) electrons. The predicted molar refractivity (Wildman–Crippen MR) is 57.0 cm³/mol. The molecule has 0 aromatic carbocycles. The Balaban J connectivity index is 2.48. The van der Waals surface area contributed by atoms with Crippen LogP contribution in [-0.4, -0.2) is 28.6 Å². The number of rotatable bonds is 4. The van der Waals surface area contributed by atoms with E-state index in [0.29, 0.717) is 11.4 Å². The lowest BCUT2D eigenvalue weighted by Crippen LogP contribution is -2.36. The quantitative estimate of drug-likeness (QED) is 0.635. The van der Waals surface area contributed by atoms with Crippen molar-refractivity contribution in [3.8, 4) is 0 Å². The average molecular weight is 209 g/mol. The van der Waals surface area contributed by atoms with E-state index in [4.69, 9.17) is 10.8 Å². The molecule has 0 saturated carbocycles. The number of aliphatic hydroxyl groups is 1. The standard InChI is InChI=1S/C10H15N3O2/c1-7(6-14)13-10(15)4-9-3-2-8(11)5-12-9/h2-3,5,7,14H,4,6,11H2,1H3,(H,13,15)/t7-/m0/s1. The highest BCUT2D eigenvalue weighted by Crippen LogP contribution is 2.01. The summed E-state index contributed by atoms with van der Waals surface area (Å²) in [7, 11) is 0. The fourth-order valence-electron chi connectivity index (χ4n) is 1.08. The monoisotopic (exact) mass is 209 g/mol. The number of nitrogens with one attached hydrogen (secondary N) is 1. The van der Waals surface area contributed by atoms with Crippen LogP contribution in [0, 0.1) is 0 Å². The van der Waals surface area contributed by atoms with Crippen molar-refractivity contribution in [3.63, 3.8) is 0 Å². The molecule has 0 aliphatic rings. The Morgan fingerprint density at radius 2 is 2.40 bits per heavy atom. The zero-order valence-corrected chi connectivity index (χ0v) is 8.60. The van der Waals surface area contributed by atoms with Crippen molar-refractivity contribution in [2.75, 3.05) is 12.3 Å². The highest BCUT2D eigenvalue weighted by Gasteiger charge is 2.07. The number of nitrogen functional groups attached to an aromatic ring is 1. The number of hydrogen-bond donors (Lipinski definition) is 3. The minimum absolute atomic E-state index is 0.0685. The molecule has 5 nitrogen and oxygen atoms in total. The van der Waals surface area contributed by atoms with Crippen LogP contribution < -0.4 is 11.1 Å². The number of nitrogens with zero attached hydrogens (tertiary/aromatic N) is 1. The zero-order valence-electron chi connectivity index (χ0n) is 8.60. The second-order valence-electron chi connectivity index (χ2n) is 3.41. The Kier molecular flexibility index (Phi) is 4.05. The Morgan fingerprint density at radius 1 is 1.67 bits per heavy atom. The van der Waals surface area contributed by atoms with Gasteiger partial charge in [-0.1, -0.05) is 0 Å². The van der Waals surface area contributed by atoms with E-state index in [-0.39, 0.29) is 25.0 Å². The molecule has 1 aromatic heterocycles. The van der Waals surface area contributed by atoms with Gasteiger partial charge in [0.15, 0.2) is 0 Å².